The second kappa shape index (κ2) is 16.9. The molecule has 0 saturated carbocycles. The zero-order valence-electron chi connectivity index (χ0n) is 31.2. The second-order valence-corrected chi connectivity index (χ2v) is 16.8. The Morgan fingerprint density at radius 3 is 2.23 bits per heavy atom. The van der Waals surface area contributed by atoms with Crippen molar-refractivity contribution in [1.82, 2.24) is 0 Å². The third kappa shape index (κ3) is 8.56. The van der Waals surface area contributed by atoms with E-state index in [9.17, 15) is 30.0 Å². The summed E-state index contributed by atoms with van der Waals surface area (Å²) in [6.07, 6.45) is -3.55. The number of hydrogen-bond donors (Lipinski definition) is 4. The Balaban J connectivity index is 1.11. The Kier molecular flexibility index (Phi) is 12.6. The molecule has 14 unspecified atom stereocenters. The average molecular weight is 749 g/mol. The van der Waals surface area contributed by atoms with Gasteiger partial charge >= 0.3 is 0 Å². The molecule has 13 heteroatoms. The first-order chi connectivity index (χ1) is 25.4. The van der Waals surface area contributed by atoms with Crippen molar-refractivity contribution in [3.8, 4) is 0 Å². The van der Waals surface area contributed by atoms with E-state index in [1.807, 2.05) is 0 Å². The first-order valence-corrected chi connectivity index (χ1v) is 19.9. The number of aliphatic hydroxyl groups is 4. The smallest absolute Gasteiger partial charge is 0.135 e. The third-order valence-corrected chi connectivity index (χ3v) is 13.1. The predicted molar refractivity (Wildman–Crippen MR) is 189 cm³/mol. The summed E-state index contributed by atoms with van der Waals surface area (Å²) in [7, 11) is 1.58. The minimum atomic E-state index is -1.10. The zero-order valence-corrected chi connectivity index (χ0v) is 31.2. The van der Waals surface area contributed by atoms with Crippen molar-refractivity contribution in [2.75, 3.05) is 13.7 Å². The Morgan fingerprint density at radius 2 is 1.45 bits per heavy atom. The normalized spacial score (nSPS) is 47.7. The van der Waals surface area contributed by atoms with E-state index in [1.54, 1.807) is 7.11 Å². The van der Waals surface area contributed by atoms with E-state index >= 15 is 0 Å². The number of methoxy groups -OCH3 is 1. The summed E-state index contributed by atoms with van der Waals surface area (Å²) in [6, 6.07) is 0. The van der Waals surface area contributed by atoms with Gasteiger partial charge in [0, 0.05) is 51.6 Å². The molecule has 0 amide bonds. The van der Waals surface area contributed by atoms with Crippen molar-refractivity contribution < 1.29 is 63.2 Å². The molecule has 0 spiro atoms. The topological polar surface area (TPSA) is 180 Å². The molecule has 0 aromatic carbocycles. The summed E-state index contributed by atoms with van der Waals surface area (Å²) < 4.78 is 44.3. The van der Waals surface area contributed by atoms with E-state index in [4.69, 9.17) is 33.2 Å². The molecule has 0 aromatic heterocycles. The molecule has 8 bridgehead atoms. The standard InChI is InChI=1S/C40H60O13/c1-19-11-26-7-9-29-20(2)12-25(48-29)6-5-22(42)15-33-35(45)39-40(53-33)36(46)38-30(52-39)10-8-27(50-38)13-23(43)14-28-32(17-31(49-26)21(19)3)51-34(37(28)47-4)16-24(44)18-41/h19,24-41,44-46H,2-3,5-18H2,1,4H3/t19-,24?,25?,26?,27?,28?,29?,30?,31?,32?,33?,34?,35?,36?,37-,38+,39+,40?/m1/s1. The van der Waals surface area contributed by atoms with Gasteiger partial charge in [0.15, 0.2) is 0 Å². The Morgan fingerprint density at radius 1 is 0.736 bits per heavy atom. The van der Waals surface area contributed by atoms with Gasteiger partial charge in [-0.05, 0) is 62.0 Å². The number of ether oxygens (including phenoxy) is 7. The molecule has 298 valence electrons. The second-order valence-electron chi connectivity index (χ2n) is 16.8. The van der Waals surface area contributed by atoms with Crippen molar-refractivity contribution in [3.63, 3.8) is 0 Å². The van der Waals surface area contributed by atoms with E-state index in [1.165, 1.54) is 0 Å². The van der Waals surface area contributed by atoms with Crippen molar-refractivity contribution in [1.29, 1.82) is 0 Å². The van der Waals surface area contributed by atoms with E-state index in [0.717, 1.165) is 30.4 Å². The van der Waals surface area contributed by atoms with Gasteiger partial charge in [-0.25, -0.2) is 0 Å². The van der Waals surface area contributed by atoms with Gasteiger partial charge in [0.05, 0.1) is 73.8 Å². The van der Waals surface area contributed by atoms with Crippen LogP contribution in [0.5, 0.6) is 0 Å². The van der Waals surface area contributed by atoms with Crippen molar-refractivity contribution >= 4 is 11.6 Å². The van der Waals surface area contributed by atoms with Gasteiger partial charge < -0.3 is 53.6 Å². The van der Waals surface area contributed by atoms with Crippen LogP contribution in [0.2, 0.25) is 0 Å². The van der Waals surface area contributed by atoms with Gasteiger partial charge in [-0.2, -0.15) is 0 Å². The Bertz CT molecular complexity index is 1340. The monoisotopic (exact) mass is 748 g/mol. The highest BCUT2D eigenvalue weighted by Crippen LogP contribution is 2.43. The van der Waals surface area contributed by atoms with E-state index in [2.05, 4.69) is 20.1 Å². The highest BCUT2D eigenvalue weighted by molar-refractivity contribution is 5.79. The molecule has 7 rings (SSSR count). The quantitative estimate of drug-likeness (QED) is 0.308. The molecule has 7 aliphatic heterocycles. The maximum Gasteiger partial charge on any atom is 0.135 e. The fourth-order valence-electron chi connectivity index (χ4n) is 10.1. The minimum Gasteiger partial charge on any atom is -0.394 e. The predicted octanol–water partition coefficient (Wildman–Crippen LogP) is 2.27. The molecule has 7 aliphatic rings. The van der Waals surface area contributed by atoms with Crippen LogP contribution in [0, 0.1) is 11.8 Å². The maximum atomic E-state index is 13.9. The van der Waals surface area contributed by atoms with Crippen molar-refractivity contribution in [2.24, 2.45) is 11.8 Å². The highest BCUT2D eigenvalue weighted by atomic mass is 16.6. The number of rotatable bonds is 4. The summed E-state index contributed by atoms with van der Waals surface area (Å²) in [5.41, 5.74) is 2.00. The van der Waals surface area contributed by atoms with E-state index in [0.29, 0.717) is 32.1 Å². The van der Waals surface area contributed by atoms with Crippen LogP contribution >= 0.6 is 0 Å². The summed E-state index contributed by atoms with van der Waals surface area (Å²) in [5, 5.41) is 42.6. The van der Waals surface area contributed by atoms with Gasteiger partial charge in [-0.15, -0.1) is 0 Å². The lowest BCUT2D eigenvalue weighted by atomic mass is 9.81. The van der Waals surface area contributed by atoms with Crippen LogP contribution in [0.1, 0.15) is 90.4 Å². The molecule has 7 fully saturated rings. The van der Waals surface area contributed by atoms with Gasteiger partial charge in [0.1, 0.15) is 42.1 Å². The molecule has 13 nitrogen and oxygen atoms in total. The molecule has 7 heterocycles. The summed E-state index contributed by atoms with van der Waals surface area (Å²) in [6.45, 7) is 10.4. The number of ketones is 2. The lowest BCUT2D eigenvalue weighted by Crippen LogP contribution is -2.61. The van der Waals surface area contributed by atoms with Gasteiger partial charge in [-0.1, -0.05) is 20.1 Å². The molecule has 4 N–H and O–H groups in total. The molecule has 0 aromatic rings. The van der Waals surface area contributed by atoms with Crippen LogP contribution in [0.4, 0.5) is 0 Å². The number of carbonyl (C=O) groups excluding carboxylic acids is 2. The van der Waals surface area contributed by atoms with Crippen LogP contribution in [-0.2, 0) is 42.7 Å². The van der Waals surface area contributed by atoms with Crippen molar-refractivity contribution in [3.05, 3.63) is 24.3 Å². The van der Waals surface area contributed by atoms with E-state index < -0.39 is 79.9 Å². The van der Waals surface area contributed by atoms with Crippen LogP contribution in [0.15, 0.2) is 24.3 Å². The van der Waals surface area contributed by atoms with Crippen molar-refractivity contribution in [2.45, 2.75) is 188 Å². The SMILES string of the molecule is C=C1CC2CCC(=O)CC3OC4C(O)[C@H]5OC(CCC5O[C@H]4C3O)CC(=O)CC3C(CC4OC(CCC1O2)C[C@@H](C)C4=C)OC(CC(O)CO)[C@@H]3OC. The van der Waals surface area contributed by atoms with Gasteiger partial charge in [0.2, 0.25) is 0 Å². The summed E-state index contributed by atoms with van der Waals surface area (Å²) in [5.74, 6) is -0.221. The van der Waals surface area contributed by atoms with Crippen LogP contribution in [0.25, 0.3) is 0 Å². The molecule has 0 aliphatic carbocycles. The van der Waals surface area contributed by atoms with Crippen LogP contribution in [-0.4, -0.2) is 143 Å². The molecule has 7 saturated heterocycles. The largest absolute Gasteiger partial charge is 0.394 e. The number of fused-ring (bicyclic) bond motifs is 7. The van der Waals surface area contributed by atoms with Crippen LogP contribution in [0.3, 0.4) is 0 Å². The average Bonchev–Trinajstić information content (AvgIpc) is 3.76. The molecular formula is C40H60O13. The first-order valence-electron chi connectivity index (χ1n) is 19.9. The lowest BCUT2D eigenvalue weighted by molar-refractivity contribution is -0.259. The van der Waals surface area contributed by atoms with Crippen LogP contribution < -0.4 is 0 Å². The van der Waals surface area contributed by atoms with Gasteiger partial charge in [-0.3, -0.25) is 9.59 Å². The number of carbonyl (C=O) groups is 2. The molecule has 53 heavy (non-hydrogen) atoms. The first kappa shape index (κ1) is 39.6. The number of aliphatic hydroxyl groups excluding tert-OH is 4. The highest BCUT2D eigenvalue weighted by Gasteiger charge is 2.57. The minimum absolute atomic E-state index is 0.00643. The maximum absolute atomic E-state index is 13.9. The Labute approximate surface area is 312 Å². The van der Waals surface area contributed by atoms with E-state index in [-0.39, 0.29) is 79.9 Å². The fraction of sp³-hybridized carbons (Fsp3) is 0.850. The third-order valence-electron chi connectivity index (χ3n) is 13.1. The van der Waals surface area contributed by atoms with Gasteiger partial charge in [0.25, 0.3) is 0 Å². The lowest BCUT2D eigenvalue weighted by Gasteiger charge is -2.46. The fourth-order valence-corrected chi connectivity index (χ4v) is 10.1. The molecule has 0 radical (unpaired) electrons. The molecular weight excluding hydrogens is 688 g/mol. The zero-order chi connectivity index (χ0) is 37.6. The molecule has 18 atom stereocenters. The number of hydrogen-bond acceptors (Lipinski definition) is 13. The summed E-state index contributed by atoms with van der Waals surface area (Å²) in [4.78, 5) is 27.0. The number of Topliss-reactive ketones (excluding diaryl/α,β-unsaturated/α-hetero) is 2. The summed E-state index contributed by atoms with van der Waals surface area (Å²) >= 11 is 0. The Hall–Kier alpha value is -1.62.